The van der Waals surface area contributed by atoms with Crippen LogP contribution in [-0.2, 0) is 4.74 Å². The first kappa shape index (κ1) is 17.5. The molecule has 0 spiro atoms. The van der Waals surface area contributed by atoms with Gasteiger partial charge < -0.3 is 14.5 Å². The third-order valence-corrected chi connectivity index (χ3v) is 3.56. The van der Waals surface area contributed by atoms with E-state index in [0.29, 0.717) is 26.2 Å². The highest BCUT2D eigenvalue weighted by molar-refractivity contribution is 6.32. The molecule has 1 aliphatic rings. The summed E-state index contributed by atoms with van der Waals surface area (Å²) in [6, 6.07) is 1.07. The van der Waals surface area contributed by atoms with E-state index in [1.54, 1.807) is 25.7 Å². The molecule has 0 aromatic carbocycles. The van der Waals surface area contributed by atoms with Gasteiger partial charge in [-0.25, -0.2) is 14.2 Å². The Hall–Kier alpha value is -1.89. The van der Waals surface area contributed by atoms with Crippen LogP contribution in [0.2, 0.25) is 5.15 Å². The SMILES string of the molecule is CC(C)(C)OC(=O)N1CCN(C(=O)c2cc(F)cnc2Cl)CC1. The minimum Gasteiger partial charge on any atom is -0.444 e. The summed E-state index contributed by atoms with van der Waals surface area (Å²) in [7, 11) is 0. The molecule has 126 valence electrons. The minimum absolute atomic E-state index is 0.0254. The number of nitrogens with zero attached hydrogens (tertiary/aromatic N) is 3. The Morgan fingerprint density at radius 3 is 2.35 bits per heavy atom. The number of piperazine rings is 1. The van der Waals surface area contributed by atoms with Gasteiger partial charge in [-0.15, -0.1) is 0 Å². The van der Waals surface area contributed by atoms with Gasteiger partial charge in [0, 0.05) is 26.2 Å². The van der Waals surface area contributed by atoms with Crippen LogP contribution in [-0.4, -0.2) is 58.6 Å². The summed E-state index contributed by atoms with van der Waals surface area (Å²) in [5.74, 6) is -1.02. The molecule has 8 heteroatoms. The first-order valence-corrected chi connectivity index (χ1v) is 7.63. The molecule has 1 fully saturated rings. The van der Waals surface area contributed by atoms with Crippen molar-refractivity contribution >= 4 is 23.6 Å². The van der Waals surface area contributed by atoms with Gasteiger partial charge in [0.2, 0.25) is 0 Å². The van der Waals surface area contributed by atoms with Crippen molar-refractivity contribution in [3.05, 3.63) is 28.8 Å². The topological polar surface area (TPSA) is 62.7 Å². The van der Waals surface area contributed by atoms with E-state index in [2.05, 4.69) is 4.98 Å². The molecule has 2 rings (SSSR count). The fourth-order valence-electron chi connectivity index (χ4n) is 2.16. The lowest BCUT2D eigenvalue weighted by Gasteiger charge is -2.35. The van der Waals surface area contributed by atoms with Crippen LogP contribution in [0.5, 0.6) is 0 Å². The molecule has 1 aromatic rings. The predicted molar refractivity (Wildman–Crippen MR) is 82.9 cm³/mol. The van der Waals surface area contributed by atoms with E-state index in [1.165, 1.54) is 4.90 Å². The van der Waals surface area contributed by atoms with Gasteiger partial charge in [0.1, 0.15) is 16.6 Å². The number of halogens is 2. The van der Waals surface area contributed by atoms with E-state index in [4.69, 9.17) is 16.3 Å². The molecule has 0 aliphatic carbocycles. The number of hydrogen-bond acceptors (Lipinski definition) is 4. The third kappa shape index (κ3) is 4.54. The first-order chi connectivity index (χ1) is 10.7. The van der Waals surface area contributed by atoms with Gasteiger partial charge in [-0.3, -0.25) is 4.79 Å². The first-order valence-electron chi connectivity index (χ1n) is 7.25. The number of hydrogen-bond donors (Lipinski definition) is 0. The number of aromatic nitrogens is 1. The molecule has 1 saturated heterocycles. The molecule has 0 unspecified atom stereocenters. The summed E-state index contributed by atoms with van der Waals surface area (Å²) in [5, 5.41) is -0.0361. The van der Waals surface area contributed by atoms with Crippen LogP contribution >= 0.6 is 11.6 Å². The van der Waals surface area contributed by atoms with Crippen LogP contribution in [0.25, 0.3) is 0 Å². The summed E-state index contributed by atoms with van der Waals surface area (Å²) < 4.78 is 18.5. The van der Waals surface area contributed by atoms with Crippen LogP contribution in [0.4, 0.5) is 9.18 Å². The minimum atomic E-state index is -0.620. The molecule has 1 aliphatic heterocycles. The van der Waals surface area contributed by atoms with Gasteiger partial charge >= 0.3 is 6.09 Å². The van der Waals surface area contributed by atoms with Gasteiger partial charge in [-0.05, 0) is 26.8 Å². The Balaban J connectivity index is 1.97. The Morgan fingerprint density at radius 2 is 1.78 bits per heavy atom. The maximum atomic E-state index is 13.2. The van der Waals surface area contributed by atoms with Crippen molar-refractivity contribution in [1.82, 2.24) is 14.8 Å². The number of pyridine rings is 1. The number of ether oxygens (including phenoxy) is 1. The van der Waals surface area contributed by atoms with E-state index in [9.17, 15) is 14.0 Å². The number of rotatable bonds is 1. The summed E-state index contributed by atoms with van der Waals surface area (Å²) in [5.41, 5.74) is -0.539. The molecule has 2 heterocycles. The molecule has 1 aromatic heterocycles. The average Bonchev–Trinajstić information content (AvgIpc) is 2.47. The fourth-order valence-corrected chi connectivity index (χ4v) is 2.35. The molecule has 0 atom stereocenters. The standard InChI is InChI=1S/C15H19ClFN3O3/c1-15(2,3)23-14(22)20-6-4-19(5-7-20)13(21)11-8-10(17)9-18-12(11)16/h8-9H,4-7H2,1-3H3. The van der Waals surface area contributed by atoms with E-state index >= 15 is 0 Å². The Labute approximate surface area is 139 Å². The second kappa shape index (κ2) is 6.70. The second-order valence-corrected chi connectivity index (χ2v) is 6.61. The van der Waals surface area contributed by atoms with E-state index in [-0.39, 0.29) is 10.7 Å². The Morgan fingerprint density at radius 1 is 1.22 bits per heavy atom. The quantitative estimate of drug-likeness (QED) is 0.735. The highest BCUT2D eigenvalue weighted by Crippen LogP contribution is 2.18. The van der Waals surface area contributed by atoms with E-state index in [0.717, 1.165) is 12.3 Å². The monoisotopic (exact) mass is 343 g/mol. The number of amides is 2. The Kier molecular flexibility index (Phi) is 5.09. The molecule has 0 radical (unpaired) electrons. The fraction of sp³-hybridized carbons (Fsp3) is 0.533. The molecule has 0 saturated carbocycles. The van der Waals surface area contributed by atoms with Gasteiger partial charge in [0.15, 0.2) is 0 Å². The summed E-state index contributed by atoms with van der Waals surface area (Å²) in [6.07, 6.45) is 0.551. The highest BCUT2D eigenvalue weighted by atomic mass is 35.5. The zero-order valence-corrected chi connectivity index (χ0v) is 14.1. The smallest absolute Gasteiger partial charge is 0.410 e. The van der Waals surface area contributed by atoms with E-state index in [1.807, 2.05) is 0 Å². The van der Waals surface area contributed by atoms with Gasteiger partial charge in [-0.2, -0.15) is 0 Å². The summed E-state index contributed by atoms with van der Waals surface area (Å²) in [6.45, 7) is 6.73. The summed E-state index contributed by atoms with van der Waals surface area (Å²) >= 11 is 5.85. The largest absolute Gasteiger partial charge is 0.444 e. The molecule has 0 N–H and O–H groups in total. The van der Waals surface area contributed by atoms with Crippen molar-refractivity contribution in [1.29, 1.82) is 0 Å². The lowest BCUT2D eigenvalue weighted by Crippen LogP contribution is -2.51. The van der Waals surface area contributed by atoms with E-state index < -0.39 is 23.4 Å². The van der Waals surface area contributed by atoms with Gasteiger partial charge in [0.05, 0.1) is 11.8 Å². The van der Waals surface area contributed by atoms with Crippen LogP contribution in [0, 0.1) is 5.82 Å². The zero-order chi connectivity index (χ0) is 17.2. The zero-order valence-electron chi connectivity index (χ0n) is 13.3. The molecule has 6 nitrogen and oxygen atoms in total. The highest BCUT2D eigenvalue weighted by Gasteiger charge is 2.29. The lowest BCUT2D eigenvalue weighted by molar-refractivity contribution is 0.0141. The van der Waals surface area contributed by atoms with Crippen LogP contribution in [0.15, 0.2) is 12.3 Å². The van der Waals surface area contributed by atoms with Crippen molar-refractivity contribution in [2.75, 3.05) is 26.2 Å². The molecule has 23 heavy (non-hydrogen) atoms. The van der Waals surface area contributed by atoms with Crippen LogP contribution in [0.1, 0.15) is 31.1 Å². The van der Waals surface area contributed by atoms with Gasteiger partial charge in [-0.1, -0.05) is 11.6 Å². The normalized spacial score (nSPS) is 15.5. The third-order valence-electron chi connectivity index (χ3n) is 3.25. The predicted octanol–water partition coefficient (Wildman–Crippen LogP) is 2.57. The maximum Gasteiger partial charge on any atom is 0.410 e. The van der Waals surface area contributed by atoms with Crippen molar-refractivity contribution in [3.63, 3.8) is 0 Å². The van der Waals surface area contributed by atoms with Crippen molar-refractivity contribution in [2.45, 2.75) is 26.4 Å². The van der Waals surface area contributed by atoms with Crippen LogP contribution < -0.4 is 0 Å². The molecular weight excluding hydrogens is 325 g/mol. The van der Waals surface area contributed by atoms with Crippen molar-refractivity contribution in [3.8, 4) is 0 Å². The lowest BCUT2D eigenvalue weighted by atomic mass is 10.2. The maximum absolute atomic E-state index is 13.2. The van der Waals surface area contributed by atoms with Crippen molar-refractivity contribution in [2.24, 2.45) is 0 Å². The second-order valence-electron chi connectivity index (χ2n) is 6.25. The van der Waals surface area contributed by atoms with Gasteiger partial charge in [0.25, 0.3) is 5.91 Å². The number of carbonyl (C=O) groups is 2. The van der Waals surface area contributed by atoms with Crippen LogP contribution in [0.3, 0.4) is 0 Å². The van der Waals surface area contributed by atoms with Crippen molar-refractivity contribution < 1.29 is 18.7 Å². The molecular formula is C15H19ClFN3O3. The Bertz CT molecular complexity index is 610. The molecule has 2 amide bonds. The average molecular weight is 344 g/mol. The summed E-state index contributed by atoms with van der Waals surface area (Å²) in [4.78, 5) is 31.1. The number of carbonyl (C=O) groups excluding carboxylic acids is 2. The molecule has 0 bridgehead atoms.